The van der Waals surface area contributed by atoms with Gasteiger partial charge in [0.2, 0.25) is 0 Å². The minimum atomic E-state index is -0.338. The molecule has 7 nitrogen and oxygen atoms in total. The number of hydrogen-bond donors (Lipinski definition) is 2. The minimum absolute atomic E-state index is 0.338. The van der Waals surface area contributed by atoms with Crippen LogP contribution in [0.2, 0.25) is 0 Å². The van der Waals surface area contributed by atoms with Gasteiger partial charge < -0.3 is 25.3 Å². The first kappa shape index (κ1) is 20.5. The zero-order valence-electron chi connectivity index (χ0n) is 17.3. The van der Waals surface area contributed by atoms with Gasteiger partial charge in [-0.25, -0.2) is 4.98 Å². The van der Waals surface area contributed by atoms with Crippen LogP contribution >= 0.6 is 11.3 Å². The second kappa shape index (κ2) is 8.53. The first-order valence-corrected chi connectivity index (χ1v) is 10.2. The maximum Gasteiger partial charge on any atom is 0.268 e. The van der Waals surface area contributed by atoms with Crippen LogP contribution in [0.25, 0.3) is 21.5 Å². The molecule has 0 bridgehead atoms. The molecule has 0 spiro atoms. The fourth-order valence-corrected chi connectivity index (χ4v) is 4.19. The third kappa shape index (κ3) is 3.97. The predicted molar refractivity (Wildman–Crippen MR) is 124 cm³/mol. The zero-order chi connectivity index (χ0) is 22.0. The summed E-state index contributed by atoms with van der Waals surface area (Å²) in [6.45, 7) is 0. The Bertz CT molecular complexity index is 1270. The number of fused-ring (bicyclic) bond motifs is 1. The second-order valence-corrected chi connectivity index (χ2v) is 7.65. The third-order valence-electron chi connectivity index (χ3n) is 4.82. The van der Waals surface area contributed by atoms with Crippen molar-refractivity contribution >= 4 is 38.8 Å². The highest BCUT2D eigenvalue weighted by Crippen LogP contribution is 2.36. The van der Waals surface area contributed by atoms with E-state index in [1.807, 2.05) is 36.4 Å². The van der Waals surface area contributed by atoms with Gasteiger partial charge in [-0.3, -0.25) is 4.79 Å². The molecule has 0 saturated carbocycles. The van der Waals surface area contributed by atoms with Gasteiger partial charge in [-0.2, -0.15) is 0 Å². The summed E-state index contributed by atoms with van der Waals surface area (Å²) in [4.78, 5) is 18.8. The Labute approximate surface area is 183 Å². The molecule has 4 rings (SSSR count). The summed E-state index contributed by atoms with van der Waals surface area (Å²) < 4.78 is 15.9. The summed E-state index contributed by atoms with van der Waals surface area (Å²) >= 11 is 1.24. The molecule has 8 heteroatoms. The van der Waals surface area contributed by atoms with E-state index in [9.17, 15) is 4.79 Å². The highest BCUT2D eigenvalue weighted by atomic mass is 32.1. The van der Waals surface area contributed by atoms with Gasteiger partial charge in [0.15, 0.2) is 0 Å². The molecular weight excluding hydrogens is 414 g/mol. The van der Waals surface area contributed by atoms with Crippen molar-refractivity contribution in [3.8, 4) is 28.5 Å². The van der Waals surface area contributed by atoms with Crippen molar-refractivity contribution in [1.82, 2.24) is 4.98 Å². The molecule has 31 heavy (non-hydrogen) atoms. The molecule has 0 aliphatic carbocycles. The van der Waals surface area contributed by atoms with Crippen molar-refractivity contribution in [3.63, 3.8) is 0 Å². The van der Waals surface area contributed by atoms with Gasteiger partial charge in [-0.1, -0.05) is 12.1 Å². The van der Waals surface area contributed by atoms with Gasteiger partial charge in [0.25, 0.3) is 5.91 Å². The quantitative estimate of drug-likeness (QED) is 0.451. The van der Waals surface area contributed by atoms with Crippen molar-refractivity contribution in [2.24, 2.45) is 0 Å². The van der Waals surface area contributed by atoms with Crippen molar-refractivity contribution in [2.75, 3.05) is 32.4 Å². The molecule has 1 amide bonds. The molecule has 158 valence electrons. The maximum atomic E-state index is 13.0. The summed E-state index contributed by atoms with van der Waals surface area (Å²) in [7, 11) is 4.72. The molecule has 2 aromatic carbocycles. The van der Waals surface area contributed by atoms with Crippen molar-refractivity contribution < 1.29 is 19.0 Å². The van der Waals surface area contributed by atoms with E-state index in [2.05, 4.69) is 5.32 Å². The van der Waals surface area contributed by atoms with Gasteiger partial charge in [0, 0.05) is 17.0 Å². The molecule has 0 fully saturated rings. The molecule has 2 heterocycles. The molecule has 0 radical (unpaired) electrons. The van der Waals surface area contributed by atoms with Crippen LogP contribution in [0.15, 0.2) is 54.6 Å². The Morgan fingerprint density at radius 2 is 1.74 bits per heavy atom. The summed E-state index contributed by atoms with van der Waals surface area (Å²) in [5.74, 6) is 1.53. The van der Waals surface area contributed by atoms with E-state index in [1.54, 1.807) is 32.4 Å². The lowest BCUT2D eigenvalue weighted by Crippen LogP contribution is -2.12. The molecule has 0 aliphatic heterocycles. The predicted octanol–water partition coefficient (Wildman–Crippen LogP) is 4.82. The number of methoxy groups -OCH3 is 3. The lowest BCUT2D eigenvalue weighted by Gasteiger charge is -2.11. The Hall–Kier alpha value is -3.78. The molecule has 0 aliphatic rings. The number of carbonyl (C=O) groups excluding carboxylic acids is 1. The average Bonchev–Trinajstić information content (AvgIpc) is 3.14. The maximum absolute atomic E-state index is 13.0. The number of hydrogen-bond acceptors (Lipinski definition) is 7. The van der Waals surface area contributed by atoms with Crippen LogP contribution in [-0.2, 0) is 0 Å². The number of anilines is 2. The highest BCUT2D eigenvalue weighted by molar-refractivity contribution is 7.21. The summed E-state index contributed by atoms with van der Waals surface area (Å²) in [5, 5.41) is 3.59. The Kier molecular flexibility index (Phi) is 5.64. The zero-order valence-corrected chi connectivity index (χ0v) is 18.1. The summed E-state index contributed by atoms with van der Waals surface area (Å²) in [6.07, 6.45) is 0. The SMILES string of the molecule is COc1cccc(-c2ccc3c(N)c(C(=O)Nc4cc(OC)ccc4OC)sc3n2)c1. The van der Waals surface area contributed by atoms with Crippen LogP contribution in [0.3, 0.4) is 0 Å². The lowest BCUT2D eigenvalue weighted by molar-refractivity contribution is 0.103. The number of nitrogens with zero attached hydrogens (tertiary/aromatic N) is 1. The number of amides is 1. The van der Waals surface area contributed by atoms with Gasteiger partial charge in [-0.05, 0) is 36.4 Å². The standard InChI is InChI=1S/C23H21N3O4S/c1-28-14-6-4-5-13(11-14)17-9-8-16-20(24)21(31-23(16)26-17)22(27)25-18-12-15(29-2)7-10-19(18)30-3/h4-12H,24H2,1-3H3,(H,25,27). The largest absolute Gasteiger partial charge is 0.497 e. The van der Waals surface area contributed by atoms with Crippen LogP contribution in [0.1, 0.15) is 9.67 Å². The third-order valence-corrected chi connectivity index (χ3v) is 5.93. The number of thiophene rings is 1. The van der Waals surface area contributed by atoms with E-state index in [0.717, 1.165) is 22.4 Å². The summed E-state index contributed by atoms with van der Waals surface area (Å²) in [6, 6.07) is 16.6. The molecular formula is C23H21N3O4S. The fraction of sp³-hybridized carbons (Fsp3) is 0.130. The molecule has 2 aromatic heterocycles. The molecule has 0 saturated heterocycles. The topological polar surface area (TPSA) is 95.7 Å². The van der Waals surface area contributed by atoms with Crippen LogP contribution in [0, 0.1) is 0 Å². The number of nitrogens with one attached hydrogen (secondary N) is 1. The van der Waals surface area contributed by atoms with E-state index < -0.39 is 0 Å². The van der Waals surface area contributed by atoms with Gasteiger partial charge in [0.1, 0.15) is 27.0 Å². The number of nitrogens with two attached hydrogens (primary N) is 1. The molecule has 3 N–H and O–H groups in total. The number of rotatable bonds is 6. The average molecular weight is 436 g/mol. The summed E-state index contributed by atoms with van der Waals surface area (Å²) in [5.41, 5.74) is 8.86. The van der Waals surface area contributed by atoms with Crippen LogP contribution in [0.5, 0.6) is 17.2 Å². The second-order valence-electron chi connectivity index (χ2n) is 6.65. The van der Waals surface area contributed by atoms with Gasteiger partial charge in [0.05, 0.1) is 38.4 Å². The smallest absolute Gasteiger partial charge is 0.268 e. The Balaban J connectivity index is 1.68. The minimum Gasteiger partial charge on any atom is -0.497 e. The van der Waals surface area contributed by atoms with E-state index in [0.29, 0.717) is 32.6 Å². The Morgan fingerprint density at radius 3 is 2.48 bits per heavy atom. The van der Waals surface area contributed by atoms with E-state index in [4.69, 9.17) is 24.9 Å². The van der Waals surface area contributed by atoms with Crippen molar-refractivity contribution in [1.29, 1.82) is 0 Å². The number of nitrogen functional groups attached to an aromatic ring is 1. The van der Waals surface area contributed by atoms with E-state index in [1.165, 1.54) is 18.4 Å². The lowest BCUT2D eigenvalue weighted by atomic mass is 10.1. The first-order chi connectivity index (χ1) is 15.0. The number of ether oxygens (including phenoxy) is 3. The number of carbonyl (C=O) groups is 1. The molecule has 0 atom stereocenters. The van der Waals surface area contributed by atoms with Crippen molar-refractivity contribution in [2.45, 2.75) is 0 Å². The highest BCUT2D eigenvalue weighted by Gasteiger charge is 2.19. The molecule has 0 unspecified atom stereocenters. The number of pyridine rings is 1. The fourth-order valence-electron chi connectivity index (χ4n) is 3.20. The normalized spacial score (nSPS) is 10.7. The number of benzene rings is 2. The van der Waals surface area contributed by atoms with E-state index >= 15 is 0 Å². The van der Waals surface area contributed by atoms with E-state index in [-0.39, 0.29) is 5.91 Å². The first-order valence-electron chi connectivity index (χ1n) is 9.41. The Morgan fingerprint density at radius 1 is 0.968 bits per heavy atom. The van der Waals surface area contributed by atoms with Crippen LogP contribution < -0.4 is 25.3 Å². The van der Waals surface area contributed by atoms with Gasteiger partial charge in [-0.15, -0.1) is 11.3 Å². The number of aromatic nitrogens is 1. The monoisotopic (exact) mass is 435 g/mol. The van der Waals surface area contributed by atoms with Gasteiger partial charge >= 0.3 is 0 Å². The molecule has 4 aromatic rings. The van der Waals surface area contributed by atoms with Crippen LogP contribution in [0.4, 0.5) is 11.4 Å². The van der Waals surface area contributed by atoms with Crippen LogP contribution in [-0.4, -0.2) is 32.2 Å². The van der Waals surface area contributed by atoms with Crippen molar-refractivity contribution in [3.05, 3.63) is 59.5 Å².